The Morgan fingerprint density at radius 1 is 1.00 bits per heavy atom. The van der Waals surface area contributed by atoms with Crippen molar-refractivity contribution >= 4 is 5.97 Å². The third kappa shape index (κ3) is 4.95. The van der Waals surface area contributed by atoms with Gasteiger partial charge in [-0.3, -0.25) is 0 Å². The van der Waals surface area contributed by atoms with E-state index in [2.05, 4.69) is 13.2 Å². The van der Waals surface area contributed by atoms with Crippen molar-refractivity contribution in [1.29, 1.82) is 5.26 Å². The Bertz CT molecular complexity index is 854. The molecule has 0 bridgehead atoms. The number of benzene rings is 2. The molecule has 4 nitrogen and oxygen atoms in total. The zero-order valence-electron chi connectivity index (χ0n) is 13.9. The molecule has 0 radical (unpaired) electrons. The van der Waals surface area contributed by atoms with Crippen LogP contribution in [0.25, 0.3) is 11.1 Å². The van der Waals surface area contributed by atoms with E-state index >= 15 is 0 Å². The van der Waals surface area contributed by atoms with Gasteiger partial charge in [0.1, 0.15) is 11.5 Å². The predicted molar refractivity (Wildman–Crippen MR) is 96.9 cm³/mol. The molecule has 0 aliphatic rings. The van der Waals surface area contributed by atoms with E-state index in [4.69, 9.17) is 14.7 Å². The lowest BCUT2D eigenvalue weighted by molar-refractivity contribution is 0.0638. The number of rotatable bonds is 6. The first-order valence-electron chi connectivity index (χ1n) is 7.46. The SMILES string of the molecule is C=C(C#N)/C=C\C(=C)OC(=O)c1ccc(-c2ccc(OC)cc2)cc1. The molecule has 0 atom stereocenters. The van der Waals surface area contributed by atoms with E-state index in [1.54, 1.807) is 19.2 Å². The van der Waals surface area contributed by atoms with Crippen LogP contribution in [0.3, 0.4) is 0 Å². The lowest BCUT2D eigenvalue weighted by Gasteiger charge is -2.06. The number of carbonyl (C=O) groups is 1. The molecule has 0 saturated heterocycles. The van der Waals surface area contributed by atoms with Crippen molar-refractivity contribution < 1.29 is 14.3 Å². The Morgan fingerprint density at radius 3 is 2.08 bits per heavy atom. The van der Waals surface area contributed by atoms with E-state index in [1.165, 1.54) is 12.2 Å². The number of allylic oxidation sites excluding steroid dienone is 3. The molecule has 0 N–H and O–H groups in total. The highest BCUT2D eigenvalue weighted by molar-refractivity contribution is 5.90. The van der Waals surface area contributed by atoms with Crippen molar-refractivity contribution in [1.82, 2.24) is 0 Å². The fourth-order valence-corrected chi connectivity index (χ4v) is 2.03. The normalized spacial score (nSPS) is 10.1. The topological polar surface area (TPSA) is 59.3 Å². The van der Waals surface area contributed by atoms with Gasteiger partial charge in [-0.25, -0.2) is 4.79 Å². The standard InChI is InChI=1S/C21H17NO3/c1-15(14-22)4-5-16(2)25-21(23)19-8-6-17(7-9-19)18-10-12-20(24-3)13-11-18/h4-13H,1-2H2,3H3/b5-4-. The molecule has 0 aliphatic heterocycles. The molecule has 0 amide bonds. The van der Waals surface area contributed by atoms with Gasteiger partial charge in [-0.15, -0.1) is 0 Å². The maximum absolute atomic E-state index is 12.1. The van der Waals surface area contributed by atoms with E-state index in [0.29, 0.717) is 5.56 Å². The van der Waals surface area contributed by atoms with E-state index < -0.39 is 5.97 Å². The highest BCUT2D eigenvalue weighted by Gasteiger charge is 2.08. The predicted octanol–water partition coefficient (Wildman–Crippen LogP) is 4.67. The molecule has 0 unspecified atom stereocenters. The summed E-state index contributed by atoms with van der Waals surface area (Å²) in [5.41, 5.74) is 2.65. The van der Waals surface area contributed by atoms with Crippen LogP contribution in [-0.4, -0.2) is 13.1 Å². The van der Waals surface area contributed by atoms with Gasteiger partial charge in [-0.05, 0) is 47.5 Å². The van der Waals surface area contributed by atoms with Crippen molar-refractivity contribution in [3.63, 3.8) is 0 Å². The van der Waals surface area contributed by atoms with Crippen molar-refractivity contribution in [2.75, 3.05) is 7.11 Å². The van der Waals surface area contributed by atoms with Crippen LogP contribution in [0.2, 0.25) is 0 Å². The van der Waals surface area contributed by atoms with Gasteiger partial charge in [0.2, 0.25) is 0 Å². The fraction of sp³-hybridized carbons (Fsp3) is 0.0476. The van der Waals surface area contributed by atoms with Gasteiger partial charge in [0.15, 0.2) is 0 Å². The number of nitriles is 1. The number of hydrogen-bond donors (Lipinski definition) is 0. The molecule has 124 valence electrons. The second kappa shape index (κ2) is 8.32. The third-order valence-corrected chi connectivity index (χ3v) is 3.38. The average molecular weight is 331 g/mol. The number of nitrogens with zero attached hydrogens (tertiary/aromatic N) is 1. The summed E-state index contributed by atoms with van der Waals surface area (Å²) in [4.78, 5) is 12.1. The van der Waals surface area contributed by atoms with Gasteiger partial charge in [-0.2, -0.15) is 5.26 Å². The second-order valence-corrected chi connectivity index (χ2v) is 5.13. The summed E-state index contributed by atoms with van der Waals surface area (Å²) in [5, 5.41) is 8.61. The van der Waals surface area contributed by atoms with Crippen molar-refractivity contribution in [3.05, 3.63) is 90.7 Å². The van der Waals surface area contributed by atoms with Crippen LogP contribution in [-0.2, 0) is 4.74 Å². The van der Waals surface area contributed by atoms with Gasteiger partial charge in [0, 0.05) is 5.57 Å². The Hall–Kier alpha value is -3.58. The molecule has 0 aromatic heterocycles. The molecule has 2 aromatic rings. The lowest BCUT2D eigenvalue weighted by Crippen LogP contribution is -2.03. The Kier molecular flexibility index (Phi) is 5.92. The van der Waals surface area contributed by atoms with Crippen LogP contribution in [0.5, 0.6) is 5.75 Å². The van der Waals surface area contributed by atoms with E-state index in [9.17, 15) is 4.79 Å². The maximum atomic E-state index is 12.1. The van der Waals surface area contributed by atoms with Gasteiger partial charge >= 0.3 is 5.97 Å². The molecule has 0 saturated carbocycles. The van der Waals surface area contributed by atoms with Gasteiger partial charge in [0.05, 0.1) is 18.7 Å². The molecular formula is C21H17NO3. The van der Waals surface area contributed by atoms with Gasteiger partial charge < -0.3 is 9.47 Å². The average Bonchev–Trinajstić information content (AvgIpc) is 2.66. The summed E-state index contributed by atoms with van der Waals surface area (Å²) in [6.07, 6.45) is 2.86. The second-order valence-electron chi connectivity index (χ2n) is 5.13. The summed E-state index contributed by atoms with van der Waals surface area (Å²) >= 11 is 0. The quantitative estimate of drug-likeness (QED) is 0.334. The van der Waals surface area contributed by atoms with Crippen LogP contribution >= 0.6 is 0 Å². The van der Waals surface area contributed by atoms with Crippen LogP contribution < -0.4 is 4.74 Å². The Morgan fingerprint density at radius 2 is 1.56 bits per heavy atom. The third-order valence-electron chi connectivity index (χ3n) is 3.38. The summed E-state index contributed by atoms with van der Waals surface area (Å²) in [7, 11) is 1.62. The minimum absolute atomic E-state index is 0.139. The monoisotopic (exact) mass is 331 g/mol. The number of esters is 1. The molecule has 4 heteroatoms. The first kappa shape index (κ1) is 17.8. The molecule has 0 spiro atoms. The summed E-state index contributed by atoms with van der Waals surface area (Å²) < 4.78 is 10.3. The van der Waals surface area contributed by atoms with E-state index in [0.717, 1.165) is 16.9 Å². The van der Waals surface area contributed by atoms with Crippen LogP contribution in [0, 0.1) is 11.3 Å². The molecular weight excluding hydrogens is 314 g/mol. The van der Waals surface area contributed by atoms with Gasteiger partial charge in [0.25, 0.3) is 0 Å². The van der Waals surface area contributed by atoms with Crippen LogP contribution in [0.1, 0.15) is 10.4 Å². The van der Waals surface area contributed by atoms with Crippen molar-refractivity contribution in [3.8, 4) is 22.9 Å². The molecule has 0 heterocycles. The van der Waals surface area contributed by atoms with Gasteiger partial charge in [-0.1, -0.05) is 37.4 Å². The highest BCUT2D eigenvalue weighted by atomic mass is 16.5. The van der Waals surface area contributed by atoms with E-state index in [1.807, 2.05) is 42.5 Å². The zero-order chi connectivity index (χ0) is 18.2. The van der Waals surface area contributed by atoms with Crippen molar-refractivity contribution in [2.45, 2.75) is 0 Å². The first-order valence-corrected chi connectivity index (χ1v) is 7.46. The number of hydrogen-bond acceptors (Lipinski definition) is 4. The van der Waals surface area contributed by atoms with Crippen LogP contribution in [0.4, 0.5) is 0 Å². The number of carbonyl (C=O) groups excluding carboxylic acids is 1. The molecule has 2 rings (SSSR count). The first-order chi connectivity index (χ1) is 12.0. The smallest absolute Gasteiger partial charge is 0.343 e. The molecule has 0 fully saturated rings. The summed E-state index contributed by atoms with van der Waals surface area (Å²) in [6, 6.07) is 16.6. The lowest BCUT2D eigenvalue weighted by atomic mass is 10.0. The largest absolute Gasteiger partial charge is 0.497 e. The molecule has 25 heavy (non-hydrogen) atoms. The number of methoxy groups -OCH3 is 1. The Balaban J connectivity index is 2.04. The van der Waals surface area contributed by atoms with Crippen LogP contribution in [0.15, 0.2) is 85.2 Å². The molecule has 2 aromatic carbocycles. The summed E-state index contributed by atoms with van der Waals surface area (Å²) in [6.45, 7) is 7.11. The highest BCUT2D eigenvalue weighted by Crippen LogP contribution is 2.23. The summed E-state index contributed by atoms with van der Waals surface area (Å²) in [5.74, 6) is 0.411. The fourth-order valence-electron chi connectivity index (χ4n) is 2.03. The van der Waals surface area contributed by atoms with E-state index in [-0.39, 0.29) is 11.3 Å². The Labute approximate surface area is 146 Å². The maximum Gasteiger partial charge on any atom is 0.343 e. The number of ether oxygens (including phenoxy) is 2. The zero-order valence-corrected chi connectivity index (χ0v) is 13.9. The van der Waals surface area contributed by atoms with Crippen molar-refractivity contribution in [2.24, 2.45) is 0 Å². The minimum Gasteiger partial charge on any atom is -0.497 e. The molecule has 0 aliphatic carbocycles. The minimum atomic E-state index is -0.515.